The standard InChI is InChI=1S/C12H12FNOS/c1-8-4-6-16-11(8)12(2,15)9-3-5-14-7-10(9)13/h3-7,15H,1-2H3. The van der Waals surface area contributed by atoms with Crippen molar-refractivity contribution >= 4 is 11.3 Å². The van der Waals surface area contributed by atoms with Crippen molar-refractivity contribution in [1.82, 2.24) is 4.98 Å². The molecule has 16 heavy (non-hydrogen) atoms. The first-order valence-corrected chi connectivity index (χ1v) is 5.78. The van der Waals surface area contributed by atoms with Gasteiger partial charge >= 0.3 is 0 Å². The van der Waals surface area contributed by atoms with E-state index in [1.807, 2.05) is 18.4 Å². The van der Waals surface area contributed by atoms with Crippen LogP contribution in [0.4, 0.5) is 4.39 Å². The van der Waals surface area contributed by atoms with E-state index < -0.39 is 11.4 Å². The number of rotatable bonds is 2. The van der Waals surface area contributed by atoms with Crippen LogP contribution in [-0.4, -0.2) is 10.1 Å². The molecule has 2 aromatic heterocycles. The van der Waals surface area contributed by atoms with Gasteiger partial charge in [-0.05, 0) is 36.9 Å². The van der Waals surface area contributed by atoms with Crippen LogP contribution in [0.25, 0.3) is 0 Å². The Hall–Kier alpha value is -1.26. The summed E-state index contributed by atoms with van der Waals surface area (Å²) < 4.78 is 13.6. The number of aliphatic hydroxyl groups is 1. The number of aromatic nitrogens is 1. The summed E-state index contributed by atoms with van der Waals surface area (Å²) in [6.45, 7) is 3.50. The molecule has 1 N–H and O–H groups in total. The third-order valence-corrected chi connectivity index (χ3v) is 3.83. The van der Waals surface area contributed by atoms with Crippen LogP contribution in [0.1, 0.15) is 22.9 Å². The summed E-state index contributed by atoms with van der Waals surface area (Å²) in [6, 6.07) is 3.42. The van der Waals surface area contributed by atoms with Crippen molar-refractivity contribution in [3.63, 3.8) is 0 Å². The summed E-state index contributed by atoms with van der Waals surface area (Å²) in [5.74, 6) is -0.486. The van der Waals surface area contributed by atoms with Crippen LogP contribution in [-0.2, 0) is 5.60 Å². The van der Waals surface area contributed by atoms with Gasteiger partial charge in [0.05, 0.1) is 6.20 Å². The van der Waals surface area contributed by atoms with Gasteiger partial charge in [-0.2, -0.15) is 0 Å². The highest BCUT2D eigenvalue weighted by molar-refractivity contribution is 7.10. The fraction of sp³-hybridized carbons (Fsp3) is 0.250. The fourth-order valence-electron chi connectivity index (χ4n) is 1.76. The van der Waals surface area contributed by atoms with Gasteiger partial charge in [-0.3, -0.25) is 4.98 Å². The van der Waals surface area contributed by atoms with E-state index in [2.05, 4.69) is 4.98 Å². The molecule has 0 aliphatic rings. The van der Waals surface area contributed by atoms with Crippen LogP contribution in [0.5, 0.6) is 0 Å². The summed E-state index contributed by atoms with van der Waals surface area (Å²) in [4.78, 5) is 4.44. The molecule has 0 aliphatic heterocycles. The van der Waals surface area contributed by atoms with Crippen molar-refractivity contribution in [2.75, 3.05) is 0 Å². The van der Waals surface area contributed by atoms with Gasteiger partial charge in [0.1, 0.15) is 11.4 Å². The third kappa shape index (κ3) is 1.74. The van der Waals surface area contributed by atoms with E-state index in [1.165, 1.54) is 23.6 Å². The van der Waals surface area contributed by atoms with Crippen LogP contribution in [0, 0.1) is 12.7 Å². The molecular weight excluding hydrogens is 225 g/mol. The maximum atomic E-state index is 13.6. The maximum absolute atomic E-state index is 13.6. The average molecular weight is 237 g/mol. The minimum Gasteiger partial charge on any atom is -0.380 e. The molecule has 2 rings (SSSR count). The smallest absolute Gasteiger partial charge is 0.147 e. The number of hydrogen-bond donors (Lipinski definition) is 1. The first-order chi connectivity index (χ1) is 7.53. The quantitative estimate of drug-likeness (QED) is 0.871. The minimum atomic E-state index is -1.30. The lowest BCUT2D eigenvalue weighted by Crippen LogP contribution is -2.24. The Bertz CT molecular complexity index is 507. The average Bonchev–Trinajstić information content (AvgIpc) is 2.65. The highest BCUT2D eigenvalue weighted by Crippen LogP contribution is 2.35. The van der Waals surface area contributed by atoms with Gasteiger partial charge in [-0.25, -0.2) is 4.39 Å². The predicted molar refractivity (Wildman–Crippen MR) is 61.9 cm³/mol. The zero-order valence-electron chi connectivity index (χ0n) is 9.07. The molecule has 84 valence electrons. The molecule has 0 bridgehead atoms. The van der Waals surface area contributed by atoms with Crippen molar-refractivity contribution in [2.45, 2.75) is 19.4 Å². The maximum Gasteiger partial charge on any atom is 0.147 e. The number of thiophene rings is 1. The summed E-state index contributed by atoms with van der Waals surface area (Å²) in [5.41, 5.74) is -0.0788. The highest BCUT2D eigenvalue weighted by atomic mass is 32.1. The Kier molecular flexibility index (Phi) is 2.78. The molecule has 1 unspecified atom stereocenters. The van der Waals surface area contributed by atoms with Crippen LogP contribution >= 0.6 is 11.3 Å². The number of halogens is 1. The monoisotopic (exact) mass is 237 g/mol. The topological polar surface area (TPSA) is 33.1 Å². The Morgan fingerprint density at radius 2 is 2.19 bits per heavy atom. The van der Waals surface area contributed by atoms with E-state index in [9.17, 15) is 9.50 Å². The van der Waals surface area contributed by atoms with Crippen LogP contribution in [0.3, 0.4) is 0 Å². The van der Waals surface area contributed by atoms with Gasteiger partial charge in [-0.15, -0.1) is 11.3 Å². The molecule has 4 heteroatoms. The van der Waals surface area contributed by atoms with E-state index in [0.717, 1.165) is 16.6 Å². The lowest BCUT2D eigenvalue weighted by Gasteiger charge is -2.23. The Balaban J connectivity index is 2.55. The van der Waals surface area contributed by atoms with Crippen molar-refractivity contribution < 1.29 is 9.50 Å². The largest absolute Gasteiger partial charge is 0.380 e. The van der Waals surface area contributed by atoms with E-state index >= 15 is 0 Å². The number of hydrogen-bond acceptors (Lipinski definition) is 3. The molecule has 2 nitrogen and oxygen atoms in total. The van der Waals surface area contributed by atoms with Crippen molar-refractivity contribution in [3.05, 3.63) is 51.7 Å². The molecule has 1 atom stereocenters. The molecule has 2 heterocycles. The van der Waals surface area contributed by atoms with Crippen LogP contribution in [0.2, 0.25) is 0 Å². The number of nitrogens with zero attached hydrogens (tertiary/aromatic N) is 1. The van der Waals surface area contributed by atoms with E-state index in [0.29, 0.717) is 0 Å². The lowest BCUT2D eigenvalue weighted by molar-refractivity contribution is 0.101. The molecular formula is C12H12FNOS. The van der Waals surface area contributed by atoms with Crippen LogP contribution < -0.4 is 0 Å². The normalized spacial score (nSPS) is 14.8. The number of aryl methyl sites for hydroxylation is 1. The summed E-state index contributed by atoms with van der Waals surface area (Å²) >= 11 is 1.42. The van der Waals surface area contributed by atoms with Gasteiger partial charge in [0.15, 0.2) is 0 Å². The van der Waals surface area contributed by atoms with Crippen molar-refractivity contribution in [1.29, 1.82) is 0 Å². The van der Waals surface area contributed by atoms with E-state index in [1.54, 1.807) is 6.92 Å². The van der Waals surface area contributed by atoms with Gasteiger partial charge in [-0.1, -0.05) is 0 Å². The second-order valence-corrected chi connectivity index (χ2v) is 4.78. The van der Waals surface area contributed by atoms with Gasteiger partial charge in [0.2, 0.25) is 0 Å². The molecule has 0 radical (unpaired) electrons. The first kappa shape index (κ1) is 11.2. The molecule has 0 saturated carbocycles. The Labute approximate surface area is 97.4 Å². The fourth-order valence-corrected chi connectivity index (χ4v) is 2.77. The van der Waals surface area contributed by atoms with Gasteiger partial charge in [0.25, 0.3) is 0 Å². The zero-order chi connectivity index (χ0) is 11.8. The number of pyridine rings is 1. The van der Waals surface area contributed by atoms with Crippen molar-refractivity contribution in [3.8, 4) is 0 Å². The van der Waals surface area contributed by atoms with Crippen LogP contribution in [0.15, 0.2) is 29.9 Å². The molecule has 0 aromatic carbocycles. The molecule has 0 fully saturated rings. The second-order valence-electron chi connectivity index (χ2n) is 3.86. The summed E-state index contributed by atoms with van der Waals surface area (Å²) in [7, 11) is 0. The third-order valence-electron chi connectivity index (χ3n) is 2.60. The summed E-state index contributed by atoms with van der Waals surface area (Å²) in [5, 5.41) is 12.3. The lowest BCUT2D eigenvalue weighted by atomic mass is 9.93. The Morgan fingerprint density at radius 1 is 1.44 bits per heavy atom. The SMILES string of the molecule is Cc1ccsc1C(C)(O)c1ccncc1F. The minimum absolute atomic E-state index is 0.257. The Morgan fingerprint density at radius 3 is 2.75 bits per heavy atom. The highest BCUT2D eigenvalue weighted by Gasteiger charge is 2.31. The molecule has 0 spiro atoms. The molecule has 0 saturated heterocycles. The van der Waals surface area contributed by atoms with E-state index in [-0.39, 0.29) is 5.56 Å². The van der Waals surface area contributed by atoms with Gasteiger partial charge in [0, 0.05) is 16.6 Å². The first-order valence-electron chi connectivity index (χ1n) is 4.90. The molecule has 2 aromatic rings. The second kappa shape index (κ2) is 3.96. The zero-order valence-corrected chi connectivity index (χ0v) is 9.88. The van der Waals surface area contributed by atoms with Gasteiger partial charge < -0.3 is 5.11 Å². The van der Waals surface area contributed by atoms with Crippen molar-refractivity contribution in [2.24, 2.45) is 0 Å². The molecule has 0 amide bonds. The molecule has 0 aliphatic carbocycles. The predicted octanol–water partition coefficient (Wildman–Crippen LogP) is 2.85. The van der Waals surface area contributed by atoms with E-state index in [4.69, 9.17) is 0 Å². The summed E-state index contributed by atoms with van der Waals surface area (Å²) in [6.07, 6.45) is 2.60.